The maximum atomic E-state index is 12.0. The van der Waals surface area contributed by atoms with Crippen LogP contribution in [0.3, 0.4) is 0 Å². The first-order valence-electron chi connectivity index (χ1n) is 7.65. The molecule has 0 aliphatic heterocycles. The van der Waals surface area contributed by atoms with Crippen LogP contribution in [0.25, 0.3) is 0 Å². The average Bonchev–Trinajstić information content (AvgIpc) is 2.30. The van der Waals surface area contributed by atoms with E-state index in [1.165, 1.54) is 0 Å². The molecule has 0 atom stereocenters. The SMILES string of the molecule is Cc1cc(C(C)(C)CC(=O)O)cc(NC(=O)OC(C)(C)C)c1C. The maximum Gasteiger partial charge on any atom is 0.412 e. The Hall–Kier alpha value is -2.04. The molecule has 0 spiro atoms. The number of amides is 1. The number of hydrogen-bond donors (Lipinski definition) is 2. The van der Waals surface area contributed by atoms with Crippen molar-refractivity contribution in [1.82, 2.24) is 0 Å². The number of rotatable bonds is 4. The minimum absolute atomic E-state index is 0.0153. The van der Waals surface area contributed by atoms with Gasteiger partial charge in [-0.25, -0.2) is 4.79 Å². The molecule has 0 bridgehead atoms. The van der Waals surface area contributed by atoms with Gasteiger partial charge in [-0.3, -0.25) is 10.1 Å². The number of carbonyl (C=O) groups excluding carboxylic acids is 1. The van der Waals surface area contributed by atoms with Gasteiger partial charge in [0.25, 0.3) is 0 Å². The topological polar surface area (TPSA) is 75.6 Å². The predicted octanol–water partition coefficient (Wildman–Crippen LogP) is 4.40. The van der Waals surface area contributed by atoms with Crippen molar-refractivity contribution < 1.29 is 19.4 Å². The number of anilines is 1. The van der Waals surface area contributed by atoms with Crippen molar-refractivity contribution in [1.29, 1.82) is 0 Å². The fourth-order valence-electron chi connectivity index (χ4n) is 2.27. The Balaban J connectivity index is 3.14. The molecule has 23 heavy (non-hydrogen) atoms. The van der Waals surface area contributed by atoms with Crippen molar-refractivity contribution in [3.05, 3.63) is 28.8 Å². The Labute approximate surface area is 138 Å². The lowest BCUT2D eigenvalue weighted by Gasteiger charge is -2.26. The van der Waals surface area contributed by atoms with Gasteiger partial charge < -0.3 is 9.84 Å². The van der Waals surface area contributed by atoms with E-state index in [4.69, 9.17) is 9.84 Å². The Morgan fingerprint density at radius 1 is 1.13 bits per heavy atom. The van der Waals surface area contributed by atoms with Crippen LogP contribution in [-0.4, -0.2) is 22.8 Å². The third-order valence-electron chi connectivity index (χ3n) is 3.68. The van der Waals surface area contributed by atoms with Crippen LogP contribution < -0.4 is 5.32 Å². The molecule has 0 saturated carbocycles. The summed E-state index contributed by atoms with van der Waals surface area (Å²) in [5.41, 5.74) is 2.33. The Morgan fingerprint density at radius 2 is 1.70 bits per heavy atom. The predicted molar refractivity (Wildman–Crippen MR) is 91.1 cm³/mol. The van der Waals surface area contributed by atoms with Crippen molar-refractivity contribution in [2.75, 3.05) is 5.32 Å². The van der Waals surface area contributed by atoms with Crippen LogP contribution in [0.2, 0.25) is 0 Å². The van der Waals surface area contributed by atoms with Gasteiger partial charge in [0.15, 0.2) is 0 Å². The summed E-state index contributed by atoms with van der Waals surface area (Å²) in [6.07, 6.45) is -0.505. The monoisotopic (exact) mass is 321 g/mol. The molecule has 5 heteroatoms. The van der Waals surface area contributed by atoms with Gasteiger partial charge in [-0.1, -0.05) is 19.9 Å². The van der Waals surface area contributed by atoms with Crippen LogP contribution in [0.15, 0.2) is 12.1 Å². The molecule has 1 aromatic carbocycles. The van der Waals surface area contributed by atoms with E-state index in [9.17, 15) is 9.59 Å². The number of nitrogens with one attached hydrogen (secondary N) is 1. The van der Waals surface area contributed by atoms with E-state index in [2.05, 4.69) is 5.32 Å². The van der Waals surface area contributed by atoms with Gasteiger partial charge in [-0.2, -0.15) is 0 Å². The van der Waals surface area contributed by atoms with E-state index in [1.807, 2.05) is 39.8 Å². The summed E-state index contributed by atoms with van der Waals surface area (Å²) < 4.78 is 5.28. The molecule has 2 N–H and O–H groups in total. The zero-order valence-corrected chi connectivity index (χ0v) is 15.0. The van der Waals surface area contributed by atoms with E-state index in [0.29, 0.717) is 5.69 Å². The van der Waals surface area contributed by atoms with Crippen LogP contribution in [0.4, 0.5) is 10.5 Å². The second-order valence-corrected chi connectivity index (χ2v) is 7.55. The molecule has 0 aromatic heterocycles. The number of ether oxygens (including phenoxy) is 1. The minimum atomic E-state index is -0.852. The van der Waals surface area contributed by atoms with E-state index < -0.39 is 23.1 Å². The molecule has 1 rings (SSSR count). The molecule has 5 nitrogen and oxygen atoms in total. The fraction of sp³-hybridized carbons (Fsp3) is 0.556. The summed E-state index contributed by atoms with van der Waals surface area (Å²) in [5.74, 6) is -0.852. The lowest BCUT2D eigenvalue weighted by atomic mass is 9.80. The van der Waals surface area contributed by atoms with Gasteiger partial charge in [-0.15, -0.1) is 0 Å². The van der Waals surface area contributed by atoms with Gasteiger partial charge in [0.05, 0.1) is 6.42 Å². The van der Waals surface area contributed by atoms with Gasteiger partial charge in [0.2, 0.25) is 0 Å². The molecule has 0 aliphatic carbocycles. The molecule has 0 unspecified atom stereocenters. The quantitative estimate of drug-likeness (QED) is 0.861. The summed E-state index contributed by atoms with van der Waals surface area (Å²) in [6, 6.07) is 3.80. The Kier molecular flexibility index (Phi) is 5.46. The second-order valence-electron chi connectivity index (χ2n) is 7.55. The highest BCUT2D eigenvalue weighted by Crippen LogP contribution is 2.32. The summed E-state index contributed by atoms with van der Waals surface area (Å²) in [7, 11) is 0. The van der Waals surface area contributed by atoms with E-state index in [-0.39, 0.29) is 6.42 Å². The standard InChI is InChI=1S/C18H27NO4/c1-11-8-13(18(6,7)10-15(20)21)9-14(12(11)2)19-16(22)23-17(3,4)5/h8-9H,10H2,1-7H3,(H,19,22)(H,20,21). The molecule has 0 heterocycles. The molecular formula is C18H27NO4. The zero-order chi connectivity index (χ0) is 18.0. The smallest absolute Gasteiger partial charge is 0.412 e. The number of aryl methyl sites for hydroxylation is 1. The number of carboxylic acids is 1. The Bertz CT molecular complexity index is 612. The second kappa shape index (κ2) is 6.60. The number of carbonyl (C=O) groups is 2. The van der Waals surface area contributed by atoms with E-state index in [0.717, 1.165) is 16.7 Å². The van der Waals surface area contributed by atoms with Gasteiger partial charge in [-0.05, 0) is 57.4 Å². The largest absolute Gasteiger partial charge is 0.481 e. The summed E-state index contributed by atoms with van der Waals surface area (Å²) in [4.78, 5) is 23.1. The van der Waals surface area contributed by atoms with E-state index >= 15 is 0 Å². The fourth-order valence-corrected chi connectivity index (χ4v) is 2.27. The van der Waals surface area contributed by atoms with Crippen LogP contribution in [0, 0.1) is 13.8 Å². The molecule has 0 saturated heterocycles. The summed E-state index contributed by atoms with van der Waals surface area (Å²) in [5, 5.41) is 11.9. The van der Waals surface area contributed by atoms with Crippen LogP contribution in [0.1, 0.15) is 57.7 Å². The number of carboxylic acid groups (broad SMARTS) is 1. The van der Waals surface area contributed by atoms with Crippen molar-refractivity contribution in [3.8, 4) is 0 Å². The normalized spacial score (nSPS) is 12.0. The van der Waals surface area contributed by atoms with Crippen LogP contribution in [-0.2, 0) is 14.9 Å². The molecule has 0 aliphatic rings. The maximum absolute atomic E-state index is 12.0. The molecular weight excluding hydrogens is 294 g/mol. The van der Waals surface area contributed by atoms with Crippen molar-refractivity contribution in [3.63, 3.8) is 0 Å². The first kappa shape index (κ1) is 19.0. The highest BCUT2D eigenvalue weighted by molar-refractivity contribution is 5.86. The Morgan fingerprint density at radius 3 is 2.17 bits per heavy atom. The molecule has 0 radical (unpaired) electrons. The molecule has 1 amide bonds. The lowest BCUT2D eigenvalue weighted by Crippen LogP contribution is -2.28. The molecule has 1 aromatic rings. The van der Waals surface area contributed by atoms with Crippen molar-refractivity contribution >= 4 is 17.7 Å². The van der Waals surface area contributed by atoms with Gasteiger partial charge in [0.1, 0.15) is 5.60 Å². The average molecular weight is 321 g/mol. The summed E-state index contributed by atoms with van der Waals surface area (Å²) >= 11 is 0. The van der Waals surface area contributed by atoms with Crippen molar-refractivity contribution in [2.24, 2.45) is 0 Å². The van der Waals surface area contributed by atoms with Gasteiger partial charge in [0, 0.05) is 11.1 Å². The number of benzene rings is 1. The first-order valence-corrected chi connectivity index (χ1v) is 7.65. The van der Waals surface area contributed by atoms with Crippen molar-refractivity contribution in [2.45, 2.75) is 65.9 Å². The third-order valence-corrected chi connectivity index (χ3v) is 3.68. The van der Waals surface area contributed by atoms with Crippen LogP contribution in [0.5, 0.6) is 0 Å². The summed E-state index contributed by atoms with van der Waals surface area (Å²) in [6.45, 7) is 13.0. The highest BCUT2D eigenvalue weighted by Gasteiger charge is 2.26. The van der Waals surface area contributed by atoms with E-state index in [1.54, 1.807) is 20.8 Å². The minimum Gasteiger partial charge on any atom is -0.481 e. The third kappa shape index (κ3) is 5.58. The number of aliphatic carboxylic acids is 1. The first-order chi connectivity index (χ1) is 10.3. The zero-order valence-electron chi connectivity index (χ0n) is 15.0. The lowest BCUT2D eigenvalue weighted by molar-refractivity contribution is -0.138. The van der Waals surface area contributed by atoms with Crippen LogP contribution >= 0.6 is 0 Å². The number of hydrogen-bond acceptors (Lipinski definition) is 3. The molecule has 128 valence electrons. The van der Waals surface area contributed by atoms with Gasteiger partial charge >= 0.3 is 12.1 Å². The molecule has 0 fully saturated rings. The highest BCUT2D eigenvalue weighted by atomic mass is 16.6.